The van der Waals surface area contributed by atoms with E-state index in [2.05, 4.69) is 0 Å². The summed E-state index contributed by atoms with van der Waals surface area (Å²) in [6.45, 7) is 1.78. The normalized spacial score (nSPS) is 11.6. The number of carbonyl (C=O) groups excluding carboxylic acids is 1. The SMILES string of the molecule is COc1ccc(S(=O)(=O)N(c2cccc(N(C=O)c3cc(Cl)cc(Cl)c3)c2)S(=O)(=O)c2ccc(C)cc2)cc1. The van der Waals surface area contributed by atoms with Gasteiger partial charge < -0.3 is 4.74 Å². The van der Waals surface area contributed by atoms with Gasteiger partial charge in [0.15, 0.2) is 0 Å². The number of anilines is 3. The van der Waals surface area contributed by atoms with Gasteiger partial charge in [0.25, 0.3) is 20.0 Å². The zero-order valence-corrected chi connectivity index (χ0v) is 23.8. The van der Waals surface area contributed by atoms with Crippen molar-refractivity contribution in [3.05, 3.63) is 107 Å². The number of ether oxygens (including phenoxy) is 1. The third kappa shape index (κ3) is 5.89. The Balaban J connectivity index is 1.92. The van der Waals surface area contributed by atoms with Crippen LogP contribution in [0, 0.1) is 6.92 Å². The van der Waals surface area contributed by atoms with E-state index >= 15 is 0 Å². The first-order valence-corrected chi connectivity index (χ1v) is 14.9. The molecule has 0 spiro atoms. The van der Waals surface area contributed by atoms with Gasteiger partial charge in [-0.25, -0.2) is 16.8 Å². The Morgan fingerprint density at radius 2 is 1.21 bits per heavy atom. The number of hydrogen-bond donors (Lipinski definition) is 0. The molecule has 0 aliphatic carbocycles. The summed E-state index contributed by atoms with van der Waals surface area (Å²) in [5, 5.41) is 0.539. The van der Waals surface area contributed by atoms with Crippen molar-refractivity contribution in [1.29, 1.82) is 0 Å². The minimum absolute atomic E-state index is 0.176. The molecule has 39 heavy (non-hydrogen) atoms. The van der Waals surface area contributed by atoms with Gasteiger partial charge in [-0.1, -0.05) is 47.0 Å². The van der Waals surface area contributed by atoms with E-state index in [1.165, 1.54) is 86.0 Å². The Bertz CT molecular complexity index is 1710. The molecule has 0 aliphatic rings. The topological polar surface area (TPSA) is 101 Å². The largest absolute Gasteiger partial charge is 0.497 e. The van der Waals surface area contributed by atoms with Gasteiger partial charge >= 0.3 is 0 Å². The molecule has 0 unspecified atom stereocenters. The molecule has 0 saturated heterocycles. The van der Waals surface area contributed by atoms with Crippen LogP contribution < -0.4 is 13.3 Å². The molecular formula is C27H22Cl2N2O6S2. The van der Waals surface area contributed by atoms with Gasteiger partial charge in [-0.15, -0.1) is 0 Å². The summed E-state index contributed by atoms with van der Waals surface area (Å²) < 4.78 is 61.1. The molecule has 0 saturated carbocycles. The molecule has 0 fully saturated rings. The Morgan fingerprint density at radius 1 is 0.692 bits per heavy atom. The van der Waals surface area contributed by atoms with Gasteiger partial charge in [0, 0.05) is 10.0 Å². The molecular weight excluding hydrogens is 583 g/mol. The number of benzene rings is 4. The zero-order valence-electron chi connectivity index (χ0n) is 20.7. The standard InChI is InChI=1S/C27H22Cl2N2O6S2/c1-19-6-10-26(11-7-19)38(33,34)31(39(35,36)27-12-8-25(37-2)9-13-27)23-5-3-4-22(17-23)30(18-32)24-15-20(28)14-21(29)16-24/h3-18H,1-2H3. The molecule has 0 aliphatic heterocycles. The molecule has 8 nitrogen and oxygen atoms in total. The summed E-state index contributed by atoms with van der Waals surface area (Å²) in [5.74, 6) is 0.394. The summed E-state index contributed by atoms with van der Waals surface area (Å²) in [7, 11) is -7.91. The van der Waals surface area contributed by atoms with Gasteiger partial charge in [0.2, 0.25) is 6.41 Å². The van der Waals surface area contributed by atoms with Crippen LogP contribution in [0.3, 0.4) is 0 Å². The number of hydrogen-bond acceptors (Lipinski definition) is 6. The molecule has 0 heterocycles. The lowest BCUT2D eigenvalue weighted by molar-refractivity contribution is -0.106. The van der Waals surface area contributed by atoms with Crippen LogP contribution in [0.2, 0.25) is 10.0 Å². The second kappa shape index (κ2) is 11.3. The summed E-state index contributed by atoms with van der Waals surface area (Å²) in [5.41, 5.74) is 1.05. The maximum absolute atomic E-state index is 13.9. The van der Waals surface area contributed by atoms with Gasteiger partial charge in [-0.2, -0.15) is 3.71 Å². The number of amides is 1. The lowest BCUT2D eigenvalue weighted by atomic mass is 10.2. The predicted molar refractivity (Wildman–Crippen MR) is 152 cm³/mol. The van der Waals surface area contributed by atoms with Crippen molar-refractivity contribution < 1.29 is 26.4 Å². The predicted octanol–water partition coefficient (Wildman–Crippen LogP) is 6.19. The number of aryl methyl sites for hydroxylation is 1. The summed E-state index contributed by atoms with van der Waals surface area (Å²) in [6.07, 6.45) is 0.484. The van der Waals surface area contributed by atoms with Crippen molar-refractivity contribution in [2.45, 2.75) is 16.7 Å². The first-order valence-electron chi connectivity index (χ1n) is 11.3. The highest BCUT2D eigenvalue weighted by Gasteiger charge is 2.37. The number of methoxy groups -OCH3 is 1. The van der Waals surface area contributed by atoms with Gasteiger partial charge in [-0.3, -0.25) is 9.69 Å². The van der Waals surface area contributed by atoms with Crippen molar-refractivity contribution >= 4 is 66.7 Å². The fraction of sp³-hybridized carbons (Fsp3) is 0.0741. The minimum Gasteiger partial charge on any atom is -0.497 e. The van der Waals surface area contributed by atoms with Crippen LogP contribution in [0.5, 0.6) is 5.75 Å². The number of halogens is 2. The number of carbonyl (C=O) groups is 1. The molecule has 0 radical (unpaired) electrons. The number of sulfonamides is 2. The maximum atomic E-state index is 13.9. The number of rotatable bonds is 9. The highest BCUT2D eigenvalue weighted by molar-refractivity contribution is 8.10. The van der Waals surface area contributed by atoms with E-state index in [1.807, 2.05) is 0 Å². The van der Waals surface area contributed by atoms with Crippen LogP contribution >= 0.6 is 23.2 Å². The van der Waals surface area contributed by atoms with Gasteiger partial charge in [-0.05, 0) is 79.7 Å². The quantitative estimate of drug-likeness (QED) is 0.211. The molecule has 202 valence electrons. The fourth-order valence-electron chi connectivity index (χ4n) is 3.76. The minimum atomic E-state index is -4.68. The molecule has 0 bridgehead atoms. The van der Waals surface area contributed by atoms with E-state index in [0.717, 1.165) is 10.5 Å². The molecule has 4 aromatic rings. The van der Waals surface area contributed by atoms with Gasteiger partial charge in [0.05, 0.1) is 34.0 Å². The highest BCUT2D eigenvalue weighted by atomic mass is 35.5. The maximum Gasteiger partial charge on any atom is 0.277 e. The molecule has 0 N–H and O–H groups in total. The molecule has 1 amide bonds. The monoisotopic (exact) mass is 604 g/mol. The Morgan fingerprint density at radius 3 is 1.72 bits per heavy atom. The molecule has 4 aromatic carbocycles. The zero-order chi connectivity index (χ0) is 28.4. The van der Waals surface area contributed by atoms with Crippen LogP contribution in [0.1, 0.15) is 5.56 Å². The first kappa shape index (κ1) is 28.4. The third-order valence-electron chi connectivity index (χ3n) is 5.66. The van der Waals surface area contributed by atoms with E-state index < -0.39 is 20.0 Å². The average Bonchev–Trinajstić information content (AvgIpc) is 2.89. The van der Waals surface area contributed by atoms with Crippen molar-refractivity contribution in [2.75, 3.05) is 15.7 Å². The fourth-order valence-corrected chi connectivity index (χ4v) is 7.95. The molecule has 4 rings (SSSR count). The van der Waals surface area contributed by atoms with E-state index in [-0.39, 0.29) is 31.2 Å². The molecule has 0 aromatic heterocycles. The van der Waals surface area contributed by atoms with Crippen LogP contribution in [-0.4, -0.2) is 30.4 Å². The first-order chi connectivity index (χ1) is 18.5. The Hall–Kier alpha value is -3.57. The van der Waals surface area contributed by atoms with Crippen molar-refractivity contribution in [3.63, 3.8) is 0 Å². The second-order valence-electron chi connectivity index (χ2n) is 8.32. The average molecular weight is 606 g/mol. The van der Waals surface area contributed by atoms with Crippen LogP contribution in [-0.2, 0) is 24.8 Å². The lowest BCUT2D eigenvalue weighted by Gasteiger charge is -2.26. The van der Waals surface area contributed by atoms with E-state index in [4.69, 9.17) is 27.9 Å². The van der Waals surface area contributed by atoms with Crippen LogP contribution in [0.15, 0.2) is 101 Å². The highest BCUT2D eigenvalue weighted by Crippen LogP contribution is 2.36. The van der Waals surface area contributed by atoms with Gasteiger partial charge in [0.1, 0.15) is 5.75 Å². The van der Waals surface area contributed by atoms with E-state index in [0.29, 0.717) is 21.6 Å². The van der Waals surface area contributed by atoms with Crippen LogP contribution in [0.4, 0.5) is 17.1 Å². The lowest BCUT2D eigenvalue weighted by Crippen LogP contribution is -2.37. The Kier molecular flexibility index (Phi) is 8.22. The van der Waals surface area contributed by atoms with Crippen molar-refractivity contribution in [1.82, 2.24) is 0 Å². The second-order valence-corrected chi connectivity index (χ2v) is 13.0. The molecule has 0 atom stereocenters. The third-order valence-corrected chi connectivity index (χ3v) is 10.3. The smallest absolute Gasteiger partial charge is 0.277 e. The molecule has 12 heteroatoms. The van der Waals surface area contributed by atoms with Crippen LogP contribution in [0.25, 0.3) is 0 Å². The summed E-state index contributed by atoms with van der Waals surface area (Å²) in [6, 6.07) is 21.1. The van der Waals surface area contributed by atoms with Crippen molar-refractivity contribution in [3.8, 4) is 5.75 Å². The Labute approximate surface area is 237 Å². The number of nitrogens with zero attached hydrogens (tertiary/aromatic N) is 2. The van der Waals surface area contributed by atoms with E-state index in [1.54, 1.807) is 19.1 Å². The van der Waals surface area contributed by atoms with E-state index in [9.17, 15) is 21.6 Å². The van der Waals surface area contributed by atoms with Crippen molar-refractivity contribution in [2.24, 2.45) is 0 Å². The summed E-state index contributed by atoms with van der Waals surface area (Å²) in [4.78, 5) is 12.8. The summed E-state index contributed by atoms with van der Waals surface area (Å²) >= 11 is 12.2.